The van der Waals surface area contributed by atoms with Crippen molar-refractivity contribution in [1.29, 1.82) is 0 Å². The van der Waals surface area contributed by atoms with Crippen molar-refractivity contribution < 1.29 is 5.11 Å². The lowest BCUT2D eigenvalue weighted by atomic mass is 9.86. The number of pyridine rings is 1. The highest BCUT2D eigenvalue weighted by Crippen LogP contribution is 2.39. The van der Waals surface area contributed by atoms with Crippen LogP contribution in [-0.2, 0) is 0 Å². The Kier molecular flexibility index (Phi) is 6.68. The molecule has 4 bridgehead atoms. The fourth-order valence-corrected chi connectivity index (χ4v) is 7.41. The minimum absolute atomic E-state index is 0.188. The topological polar surface area (TPSA) is 94.6 Å². The lowest BCUT2D eigenvalue weighted by Gasteiger charge is -2.43. The van der Waals surface area contributed by atoms with Crippen LogP contribution in [0, 0.1) is 17.8 Å². The molecule has 2 atom stereocenters. The van der Waals surface area contributed by atoms with Gasteiger partial charge in [-0.25, -0.2) is 4.98 Å². The molecule has 5 fully saturated rings. The number of fused-ring (bicyclic) bond motifs is 6. The van der Waals surface area contributed by atoms with Crippen molar-refractivity contribution in [2.24, 2.45) is 5.92 Å². The molecule has 1 saturated carbocycles. The van der Waals surface area contributed by atoms with Crippen LogP contribution >= 0.6 is 0 Å². The van der Waals surface area contributed by atoms with Crippen molar-refractivity contribution in [1.82, 2.24) is 20.1 Å². The number of para-hydroxylation sites is 1. The number of rotatable bonds is 4. The summed E-state index contributed by atoms with van der Waals surface area (Å²) in [7, 11) is 0. The van der Waals surface area contributed by atoms with E-state index >= 15 is 0 Å². The molecule has 5 aliphatic rings. The van der Waals surface area contributed by atoms with E-state index in [0.29, 0.717) is 29.2 Å². The van der Waals surface area contributed by atoms with Crippen LogP contribution in [0.25, 0.3) is 11.3 Å². The van der Waals surface area contributed by atoms with Crippen LogP contribution in [0.15, 0.2) is 48.7 Å². The molecule has 0 radical (unpaired) electrons. The molecule has 8 nitrogen and oxygen atoms in total. The number of nitrogen functional groups attached to an aromatic ring is 1. The van der Waals surface area contributed by atoms with Crippen molar-refractivity contribution in [2.75, 3.05) is 41.7 Å². The second kappa shape index (κ2) is 10.6. The van der Waals surface area contributed by atoms with Crippen molar-refractivity contribution in [2.45, 2.75) is 63.1 Å². The number of anilines is 3. The normalized spacial score (nSPS) is 25.9. The summed E-state index contributed by atoms with van der Waals surface area (Å²) in [6.07, 6.45) is 11.0. The Morgan fingerprint density at radius 2 is 1.68 bits per heavy atom. The van der Waals surface area contributed by atoms with Crippen molar-refractivity contribution >= 4 is 17.2 Å². The maximum atomic E-state index is 10.3. The molecule has 8 rings (SSSR count). The fraction of sp³-hybridized carbons (Fsp3) is 0.469. The van der Waals surface area contributed by atoms with Crippen LogP contribution in [0.5, 0.6) is 5.75 Å². The molecule has 6 heterocycles. The van der Waals surface area contributed by atoms with Gasteiger partial charge in [-0.3, -0.25) is 4.90 Å². The molecule has 0 amide bonds. The zero-order chi connectivity index (χ0) is 27.1. The summed E-state index contributed by atoms with van der Waals surface area (Å²) in [5.41, 5.74) is 10.6. The highest BCUT2D eigenvalue weighted by atomic mass is 16.3. The van der Waals surface area contributed by atoms with Crippen LogP contribution in [0.4, 0.5) is 17.2 Å². The largest absolute Gasteiger partial charge is 0.507 e. The van der Waals surface area contributed by atoms with Gasteiger partial charge in [0.1, 0.15) is 11.4 Å². The van der Waals surface area contributed by atoms with E-state index in [-0.39, 0.29) is 5.75 Å². The first-order valence-electron chi connectivity index (χ1n) is 14.8. The number of hydrogen-bond donors (Lipinski definition) is 2. The second-order valence-corrected chi connectivity index (χ2v) is 11.8. The van der Waals surface area contributed by atoms with E-state index in [9.17, 15) is 5.11 Å². The predicted molar refractivity (Wildman–Crippen MR) is 158 cm³/mol. The van der Waals surface area contributed by atoms with E-state index in [1.807, 2.05) is 24.4 Å². The first kappa shape index (κ1) is 25.2. The number of phenolic OH excluding ortho intramolecular Hbond substituents is 1. The molecule has 2 aromatic heterocycles. The molecule has 2 unspecified atom stereocenters. The average molecular weight is 536 g/mol. The van der Waals surface area contributed by atoms with E-state index in [4.69, 9.17) is 5.73 Å². The molecule has 3 aromatic rings. The number of aromatic hydroxyl groups is 1. The number of benzene rings is 1. The molecule has 4 saturated heterocycles. The zero-order valence-corrected chi connectivity index (χ0v) is 22.9. The highest BCUT2D eigenvalue weighted by molar-refractivity contribution is 5.74. The minimum atomic E-state index is 0.188. The molecule has 1 aliphatic carbocycles. The van der Waals surface area contributed by atoms with Crippen LogP contribution in [0.2, 0.25) is 0 Å². The molecule has 3 N–H and O–H groups in total. The van der Waals surface area contributed by atoms with Gasteiger partial charge < -0.3 is 20.6 Å². The van der Waals surface area contributed by atoms with Gasteiger partial charge in [0.15, 0.2) is 5.82 Å². The molecule has 40 heavy (non-hydrogen) atoms. The van der Waals surface area contributed by atoms with Crippen LogP contribution in [0.1, 0.15) is 50.6 Å². The maximum absolute atomic E-state index is 10.3. The zero-order valence-electron chi connectivity index (χ0n) is 22.9. The summed E-state index contributed by atoms with van der Waals surface area (Å²) < 4.78 is 0. The average Bonchev–Trinajstić information content (AvgIpc) is 3.13. The number of aromatic nitrogens is 3. The molecule has 4 aliphatic heterocycles. The standard InChI is InChI=1S/C32H37N7O/c33-32-30(19-29(35-36-32)28-5-1-2-6-31(28)40)38-20-26-11-12-27(21-38)39(26)25-13-15-34-23(18-25)4-3-16-37-17-14-22-7-9-24(37)10-8-22/h1-2,5-6,13,15,18-19,22,24,26-27,40H,7-12,14,16-17,20-21H2,(H2,33,36). The second-order valence-electron chi connectivity index (χ2n) is 11.8. The van der Waals surface area contributed by atoms with E-state index in [1.165, 1.54) is 44.3 Å². The first-order valence-corrected chi connectivity index (χ1v) is 14.8. The van der Waals surface area contributed by atoms with Crippen molar-refractivity contribution in [3.8, 4) is 28.8 Å². The Morgan fingerprint density at radius 3 is 2.48 bits per heavy atom. The summed E-state index contributed by atoms with van der Waals surface area (Å²) in [5.74, 6) is 8.38. The van der Waals surface area contributed by atoms with Gasteiger partial charge in [0.05, 0.1) is 17.9 Å². The van der Waals surface area contributed by atoms with Crippen molar-refractivity contribution in [3.63, 3.8) is 0 Å². The Hall–Kier alpha value is -3.83. The van der Waals surface area contributed by atoms with Gasteiger partial charge in [-0.2, -0.15) is 0 Å². The molecule has 8 heteroatoms. The van der Waals surface area contributed by atoms with E-state index in [0.717, 1.165) is 55.8 Å². The molecular formula is C32H37N7O. The number of nitrogens with two attached hydrogens (primary N) is 1. The predicted octanol–water partition coefficient (Wildman–Crippen LogP) is 4.30. The smallest absolute Gasteiger partial charge is 0.169 e. The number of phenols is 1. The monoisotopic (exact) mass is 535 g/mol. The molecular weight excluding hydrogens is 498 g/mol. The fourth-order valence-electron chi connectivity index (χ4n) is 7.41. The van der Waals surface area contributed by atoms with Crippen LogP contribution < -0.4 is 15.5 Å². The van der Waals surface area contributed by atoms with Gasteiger partial charge >= 0.3 is 0 Å². The third-order valence-electron chi connectivity index (χ3n) is 9.50. The Morgan fingerprint density at radius 1 is 0.900 bits per heavy atom. The Balaban J connectivity index is 1.06. The van der Waals surface area contributed by atoms with Gasteiger partial charge in [-0.1, -0.05) is 18.1 Å². The first-order chi connectivity index (χ1) is 19.6. The lowest BCUT2D eigenvalue weighted by Crippen LogP contribution is -2.54. The summed E-state index contributed by atoms with van der Waals surface area (Å²) >= 11 is 0. The van der Waals surface area contributed by atoms with Crippen LogP contribution in [0.3, 0.4) is 0 Å². The molecule has 1 aromatic carbocycles. The number of nitrogens with zero attached hydrogens (tertiary/aromatic N) is 6. The van der Waals surface area contributed by atoms with Gasteiger partial charge in [-0.05, 0) is 93.7 Å². The molecule has 0 spiro atoms. The minimum Gasteiger partial charge on any atom is -0.507 e. The van der Waals surface area contributed by atoms with Crippen LogP contribution in [-0.4, -0.2) is 69.5 Å². The number of piperazine rings is 1. The van der Waals surface area contributed by atoms with Gasteiger partial charge in [0.25, 0.3) is 0 Å². The number of hydrogen-bond acceptors (Lipinski definition) is 8. The van der Waals surface area contributed by atoms with Gasteiger partial charge in [0, 0.05) is 48.7 Å². The van der Waals surface area contributed by atoms with Crippen molar-refractivity contribution in [3.05, 3.63) is 54.4 Å². The maximum Gasteiger partial charge on any atom is 0.169 e. The van der Waals surface area contributed by atoms with E-state index < -0.39 is 0 Å². The quantitative estimate of drug-likeness (QED) is 0.478. The van der Waals surface area contributed by atoms with E-state index in [2.05, 4.69) is 53.9 Å². The van der Waals surface area contributed by atoms with Gasteiger partial charge in [-0.15, -0.1) is 10.2 Å². The third kappa shape index (κ3) is 4.84. The van der Waals surface area contributed by atoms with E-state index in [1.54, 1.807) is 12.1 Å². The summed E-state index contributed by atoms with van der Waals surface area (Å²) in [6.45, 7) is 3.74. The lowest BCUT2D eigenvalue weighted by molar-refractivity contribution is 0.207. The Labute approximate surface area is 236 Å². The highest BCUT2D eigenvalue weighted by Gasteiger charge is 2.41. The summed E-state index contributed by atoms with van der Waals surface area (Å²) in [4.78, 5) is 12.1. The Bertz CT molecular complexity index is 1430. The molecule has 206 valence electrons. The SMILES string of the molecule is Nc1nnc(-c2ccccc2O)cc1N1CC2CCC(C1)N2c1ccnc(C#CCN2CCC3CCC2CC3)c1. The summed E-state index contributed by atoms with van der Waals surface area (Å²) in [6, 6.07) is 14.9. The third-order valence-corrected chi connectivity index (χ3v) is 9.50. The summed E-state index contributed by atoms with van der Waals surface area (Å²) in [5, 5.41) is 18.8. The van der Waals surface area contributed by atoms with Gasteiger partial charge in [0.2, 0.25) is 0 Å².